The Morgan fingerprint density at radius 1 is 1.35 bits per heavy atom. The summed E-state index contributed by atoms with van der Waals surface area (Å²) in [6.07, 6.45) is -4.54. The first-order valence-electron chi connectivity index (χ1n) is 5.94. The number of hydrogen-bond donors (Lipinski definition) is 4. The molecule has 1 fully saturated rings. The minimum absolute atomic E-state index is 0.0278. The fourth-order valence-corrected chi connectivity index (χ4v) is 1.79. The first-order chi connectivity index (χ1) is 9.30. The average molecular weight is 289 g/mol. The van der Waals surface area contributed by atoms with E-state index in [1.54, 1.807) is 0 Å². The quantitative estimate of drug-likeness (QED) is 0.675. The van der Waals surface area contributed by atoms with Gasteiger partial charge in [-0.15, -0.1) is 0 Å². The molecule has 0 aromatic heterocycles. The molecule has 0 unspecified atom stereocenters. The van der Waals surface area contributed by atoms with E-state index >= 15 is 0 Å². The summed E-state index contributed by atoms with van der Waals surface area (Å²) in [7, 11) is 0. The third-order valence-electron chi connectivity index (χ3n) is 2.97. The molecule has 0 saturated carbocycles. The van der Waals surface area contributed by atoms with Gasteiger partial charge in [0.1, 0.15) is 5.60 Å². The monoisotopic (exact) mass is 289 g/mol. The first kappa shape index (κ1) is 14.6. The maximum atomic E-state index is 12.7. The van der Waals surface area contributed by atoms with Crippen LogP contribution in [-0.2, 0) is 6.18 Å². The molecular formula is C12H14F3N3O2. The maximum absolute atomic E-state index is 12.7. The van der Waals surface area contributed by atoms with Crippen molar-refractivity contribution in [1.29, 1.82) is 0 Å². The molecule has 1 aromatic carbocycles. The number of carbonyl (C=O) groups excluding carboxylic acids is 1. The Kier molecular flexibility index (Phi) is 3.87. The van der Waals surface area contributed by atoms with Crippen molar-refractivity contribution in [3.63, 3.8) is 0 Å². The van der Waals surface area contributed by atoms with Crippen molar-refractivity contribution < 1.29 is 23.1 Å². The Balaban J connectivity index is 1.97. The van der Waals surface area contributed by atoms with E-state index in [4.69, 9.17) is 0 Å². The second kappa shape index (κ2) is 5.29. The van der Waals surface area contributed by atoms with Gasteiger partial charge < -0.3 is 21.1 Å². The number of benzene rings is 1. The molecular weight excluding hydrogens is 275 g/mol. The number of nitrogens with one attached hydrogen (secondary N) is 3. The second-order valence-corrected chi connectivity index (χ2v) is 4.68. The number of anilines is 1. The lowest BCUT2D eigenvalue weighted by atomic mass is 9.98. The highest BCUT2D eigenvalue weighted by Gasteiger charge is 2.35. The van der Waals surface area contributed by atoms with Crippen LogP contribution in [0.2, 0.25) is 0 Å². The van der Waals surface area contributed by atoms with Gasteiger partial charge in [-0.2, -0.15) is 13.2 Å². The number of β-amino-alcohol motifs (C(OH)–C–C–N with tert-alkyl or cyclic N) is 1. The van der Waals surface area contributed by atoms with Gasteiger partial charge >= 0.3 is 12.2 Å². The first-order valence-corrected chi connectivity index (χ1v) is 5.94. The van der Waals surface area contributed by atoms with E-state index in [1.165, 1.54) is 18.2 Å². The zero-order valence-corrected chi connectivity index (χ0v) is 10.4. The molecule has 0 bridgehead atoms. The summed E-state index contributed by atoms with van der Waals surface area (Å²) >= 11 is 0. The molecule has 110 valence electrons. The highest BCUT2D eigenvalue weighted by molar-refractivity contribution is 5.90. The minimum Gasteiger partial charge on any atom is -0.385 e. The predicted molar refractivity (Wildman–Crippen MR) is 66.3 cm³/mol. The van der Waals surface area contributed by atoms with Crippen molar-refractivity contribution in [3.05, 3.63) is 29.8 Å². The van der Waals surface area contributed by atoms with Crippen molar-refractivity contribution in [2.75, 3.05) is 25.0 Å². The van der Waals surface area contributed by atoms with Gasteiger partial charge in [0.05, 0.1) is 17.8 Å². The highest BCUT2D eigenvalue weighted by Crippen LogP contribution is 2.34. The van der Waals surface area contributed by atoms with Gasteiger partial charge in [0.2, 0.25) is 0 Å². The number of hydrogen-bond acceptors (Lipinski definition) is 3. The van der Waals surface area contributed by atoms with Crippen molar-refractivity contribution in [2.45, 2.75) is 11.8 Å². The van der Waals surface area contributed by atoms with Crippen LogP contribution < -0.4 is 16.0 Å². The second-order valence-electron chi connectivity index (χ2n) is 4.68. The van der Waals surface area contributed by atoms with Gasteiger partial charge in [-0.25, -0.2) is 4.79 Å². The van der Waals surface area contributed by atoms with Crippen molar-refractivity contribution in [1.82, 2.24) is 10.6 Å². The van der Waals surface area contributed by atoms with E-state index in [0.29, 0.717) is 13.1 Å². The fourth-order valence-electron chi connectivity index (χ4n) is 1.79. The molecule has 1 heterocycles. The van der Waals surface area contributed by atoms with Crippen LogP contribution in [0.15, 0.2) is 24.3 Å². The van der Waals surface area contributed by atoms with Crippen molar-refractivity contribution in [2.24, 2.45) is 0 Å². The molecule has 1 aliphatic rings. The number of halogens is 3. The molecule has 1 saturated heterocycles. The standard InChI is InChI=1S/C12H14F3N3O2/c13-12(14,15)8-3-1-2-4-9(8)18-10(19)17-7-11(20)5-16-6-11/h1-4,16,20H,5-7H2,(H2,17,18,19). The molecule has 2 amide bonds. The lowest BCUT2D eigenvalue weighted by Gasteiger charge is -2.37. The number of aliphatic hydroxyl groups is 1. The zero-order chi connectivity index (χ0) is 14.8. The molecule has 8 heteroatoms. The van der Waals surface area contributed by atoms with Crippen LogP contribution in [0.4, 0.5) is 23.7 Å². The summed E-state index contributed by atoms with van der Waals surface area (Å²) in [4.78, 5) is 11.6. The van der Waals surface area contributed by atoms with E-state index in [1.807, 2.05) is 0 Å². The molecule has 0 radical (unpaired) electrons. The van der Waals surface area contributed by atoms with Gasteiger partial charge in [-0.1, -0.05) is 12.1 Å². The summed E-state index contributed by atoms with van der Waals surface area (Å²) in [6, 6.07) is 3.91. The number of urea groups is 1. The van der Waals surface area contributed by atoms with E-state index in [9.17, 15) is 23.1 Å². The molecule has 1 aliphatic heterocycles. The van der Waals surface area contributed by atoms with Gasteiger partial charge in [-0.05, 0) is 12.1 Å². The number of para-hydroxylation sites is 1. The van der Waals surface area contributed by atoms with Gasteiger partial charge in [0.25, 0.3) is 0 Å². The number of alkyl halides is 3. The Morgan fingerprint density at radius 2 is 2.00 bits per heavy atom. The van der Waals surface area contributed by atoms with Gasteiger partial charge in [0.15, 0.2) is 0 Å². The summed E-state index contributed by atoms with van der Waals surface area (Å²) < 4.78 is 38.2. The van der Waals surface area contributed by atoms with Crippen LogP contribution in [0.25, 0.3) is 0 Å². The molecule has 0 atom stereocenters. The highest BCUT2D eigenvalue weighted by atomic mass is 19.4. The Labute approximate surface area is 113 Å². The van der Waals surface area contributed by atoms with E-state index in [2.05, 4.69) is 16.0 Å². The Hall–Kier alpha value is -1.80. The maximum Gasteiger partial charge on any atom is 0.418 e. The van der Waals surface area contributed by atoms with E-state index in [-0.39, 0.29) is 12.2 Å². The van der Waals surface area contributed by atoms with Crippen LogP contribution in [-0.4, -0.2) is 36.4 Å². The van der Waals surface area contributed by atoms with Crippen LogP contribution >= 0.6 is 0 Å². The SMILES string of the molecule is O=C(NCC1(O)CNC1)Nc1ccccc1C(F)(F)F. The molecule has 5 nitrogen and oxygen atoms in total. The normalized spacial score (nSPS) is 17.2. The Bertz CT molecular complexity index is 501. The summed E-state index contributed by atoms with van der Waals surface area (Å²) in [5.74, 6) is 0. The van der Waals surface area contributed by atoms with Crippen molar-refractivity contribution in [3.8, 4) is 0 Å². The smallest absolute Gasteiger partial charge is 0.385 e. The van der Waals surface area contributed by atoms with Crippen molar-refractivity contribution >= 4 is 11.7 Å². The van der Waals surface area contributed by atoms with Crippen LogP contribution in [0.1, 0.15) is 5.56 Å². The summed E-state index contributed by atoms with van der Waals surface area (Å²) in [6.45, 7) is 0.652. The van der Waals surface area contributed by atoms with Crippen LogP contribution in [0.5, 0.6) is 0 Å². The molecule has 0 aliphatic carbocycles. The number of rotatable bonds is 3. The molecule has 1 aromatic rings. The van der Waals surface area contributed by atoms with E-state index in [0.717, 1.165) is 6.07 Å². The Morgan fingerprint density at radius 3 is 2.55 bits per heavy atom. The molecule has 4 N–H and O–H groups in total. The lowest BCUT2D eigenvalue weighted by molar-refractivity contribution is -0.136. The third-order valence-corrected chi connectivity index (χ3v) is 2.97. The third kappa shape index (κ3) is 3.40. The number of amides is 2. The van der Waals surface area contributed by atoms with Gasteiger partial charge in [0, 0.05) is 13.1 Å². The van der Waals surface area contributed by atoms with Crippen LogP contribution in [0, 0.1) is 0 Å². The summed E-state index contributed by atoms with van der Waals surface area (Å²) in [5, 5.41) is 17.0. The number of carbonyl (C=O) groups is 1. The largest absolute Gasteiger partial charge is 0.418 e. The van der Waals surface area contributed by atoms with Gasteiger partial charge in [-0.3, -0.25) is 0 Å². The van der Waals surface area contributed by atoms with E-state index < -0.39 is 23.4 Å². The zero-order valence-electron chi connectivity index (χ0n) is 10.4. The topological polar surface area (TPSA) is 73.4 Å². The fraction of sp³-hybridized carbons (Fsp3) is 0.417. The molecule has 20 heavy (non-hydrogen) atoms. The van der Waals surface area contributed by atoms with Crippen LogP contribution in [0.3, 0.4) is 0 Å². The molecule has 0 spiro atoms. The molecule has 2 rings (SSSR count). The summed E-state index contributed by atoms with van der Waals surface area (Å²) in [5.41, 5.74) is -2.27. The lowest BCUT2D eigenvalue weighted by Crippen LogP contribution is -2.64. The predicted octanol–water partition coefficient (Wildman–Crippen LogP) is 1.16. The minimum atomic E-state index is -4.54. The average Bonchev–Trinajstić information content (AvgIpc) is 2.33.